The molecule has 0 aromatic carbocycles. The van der Waals surface area contributed by atoms with Crippen LogP contribution in [0.25, 0.3) is 0 Å². The molecule has 108 valence electrons. The van der Waals surface area contributed by atoms with E-state index in [1.807, 2.05) is 0 Å². The second-order valence-corrected chi connectivity index (χ2v) is 6.51. The van der Waals surface area contributed by atoms with Crippen LogP contribution in [0.2, 0.25) is 0 Å². The number of hydrogen-bond acceptors (Lipinski definition) is 2. The Kier molecular flexibility index (Phi) is 3.08. The third-order valence-corrected chi connectivity index (χ3v) is 5.14. The van der Waals surface area contributed by atoms with E-state index in [0.29, 0.717) is 19.3 Å². The van der Waals surface area contributed by atoms with Gasteiger partial charge in [-0.1, -0.05) is 0 Å². The van der Waals surface area contributed by atoms with Crippen LogP contribution in [0.5, 0.6) is 0 Å². The van der Waals surface area contributed by atoms with Crippen LogP contribution in [0.4, 0.5) is 8.78 Å². The van der Waals surface area contributed by atoms with Crippen molar-refractivity contribution in [3.63, 3.8) is 0 Å². The minimum absolute atomic E-state index is 0.0326. The fourth-order valence-electron chi connectivity index (χ4n) is 4.29. The highest BCUT2D eigenvalue weighted by Crippen LogP contribution is 2.53. The zero-order chi connectivity index (χ0) is 13.7. The van der Waals surface area contributed by atoms with Crippen LogP contribution in [-0.2, 0) is 9.53 Å². The summed E-state index contributed by atoms with van der Waals surface area (Å²) in [5.41, 5.74) is -0.902. The molecule has 1 N–H and O–H groups in total. The van der Waals surface area contributed by atoms with Gasteiger partial charge in [0, 0.05) is 12.8 Å². The summed E-state index contributed by atoms with van der Waals surface area (Å²) in [4.78, 5) is 11.7. The summed E-state index contributed by atoms with van der Waals surface area (Å²) in [5, 5.41) is 9.58. The number of ether oxygens (including phenoxy) is 1. The summed E-state index contributed by atoms with van der Waals surface area (Å²) in [6.07, 6.45) is 3.35. The standard InChI is InChI=1S/C14H20F2O3/c15-14(16)5-1-2-9(7-14)6-13(12(17)18)8-10-3-4-11(13)19-10/h9-11H,1-8H2,(H,17,18). The van der Waals surface area contributed by atoms with Crippen LogP contribution in [-0.4, -0.2) is 29.2 Å². The highest BCUT2D eigenvalue weighted by molar-refractivity contribution is 5.76. The lowest BCUT2D eigenvalue weighted by Crippen LogP contribution is -2.43. The maximum absolute atomic E-state index is 13.5. The molecule has 4 atom stereocenters. The predicted octanol–water partition coefficient (Wildman–Crippen LogP) is 3.22. The van der Waals surface area contributed by atoms with Crippen molar-refractivity contribution in [3.05, 3.63) is 0 Å². The second-order valence-electron chi connectivity index (χ2n) is 6.51. The van der Waals surface area contributed by atoms with Gasteiger partial charge in [-0.05, 0) is 44.4 Å². The van der Waals surface area contributed by atoms with Crippen LogP contribution in [0.3, 0.4) is 0 Å². The number of alkyl halides is 2. The monoisotopic (exact) mass is 274 g/mol. The first-order valence-corrected chi connectivity index (χ1v) is 7.18. The number of carbonyl (C=O) groups is 1. The van der Waals surface area contributed by atoms with Crippen molar-refractivity contribution in [3.8, 4) is 0 Å². The Balaban J connectivity index is 1.74. The van der Waals surface area contributed by atoms with Gasteiger partial charge in [-0.15, -0.1) is 0 Å². The van der Waals surface area contributed by atoms with Crippen molar-refractivity contribution in [2.24, 2.45) is 11.3 Å². The number of carboxylic acid groups (broad SMARTS) is 1. The lowest BCUT2D eigenvalue weighted by molar-refractivity contribution is -0.155. The zero-order valence-electron chi connectivity index (χ0n) is 10.9. The van der Waals surface area contributed by atoms with Gasteiger partial charge in [0.15, 0.2) is 0 Å². The van der Waals surface area contributed by atoms with E-state index in [0.717, 1.165) is 19.3 Å². The van der Waals surface area contributed by atoms with Gasteiger partial charge in [-0.2, -0.15) is 0 Å². The van der Waals surface area contributed by atoms with E-state index in [1.165, 1.54) is 0 Å². The number of hydrogen-bond donors (Lipinski definition) is 1. The largest absolute Gasteiger partial charge is 0.481 e. The molecule has 3 fully saturated rings. The first kappa shape index (κ1) is 13.3. The molecule has 1 aliphatic carbocycles. The Hall–Kier alpha value is -0.710. The Labute approximate surface area is 111 Å². The van der Waals surface area contributed by atoms with Crippen LogP contribution in [0, 0.1) is 11.3 Å². The van der Waals surface area contributed by atoms with Crippen molar-refractivity contribution in [1.82, 2.24) is 0 Å². The Morgan fingerprint density at radius 3 is 2.58 bits per heavy atom. The minimum Gasteiger partial charge on any atom is -0.481 e. The van der Waals surface area contributed by atoms with Crippen molar-refractivity contribution >= 4 is 5.97 Å². The van der Waals surface area contributed by atoms with E-state index in [2.05, 4.69) is 0 Å². The fraction of sp³-hybridized carbons (Fsp3) is 0.929. The molecule has 19 heavy (non-hydrogen) atoms. The van der Waals surface area contributed by atoms with Crippen molar-refractivity contribution in [2.45, 2.75) is 69.5 Å². The molecule has 3 nitrogen and oxygen atoms in total. The molecule has 5 heteroatoms. The zero-order valence-corrected chi connectivity index (χ0v) is 10.9. The average molecular weight is 274 g/mol. The molecule has 2 aliphatic heterocycles. The molecule has 0 aromatic rings. The van der Waals surface area contributed by atoms with Gasteiger partial charge in [-0.25, -0.2) is 8.78 Å². The summed E-state index contributed by atoms with van der Waals surface area (Å²) < 4.78 is 32.6. The molecule has 2 heterocycles. The normalized spacial score (nSPS) is 44.4. The van der Waals surface area contributed by atoms with Crippen molar-refractivity contribution < 1.29 is 23.4 Å². The van der Waals surface area contributed by atoms with Crippen LogP contribution in [0.15, 0.2) is 0 Å². The van der Waals surface area contributed by atoms with E-state index in [1.54, 1.807) is 0 Å². The molecule has 2 saturated heterocycles. The molecule has 0 radical (unpaired) electrons. The third kappa shape index (κ3) is 2.26. The van der Waals surface area contributed by atoms with Gasteiger partial charge in [0.1, 0.15) is 0 Å². The summed E-state index contributed by atoms with van der Waals surface area (Å²) in [6.45, 7) is 0. The average Bonchev–Trinajstić information content (AvgIpc) is 2.88. The lowest BCUT2D eigenvalue weighted by Gasteiger charge is -2.37. The first-order chi connectivity index (χ1) is 8.91. The van der Waals surface area contributed by atoms with Gasteiger partial charge in [0.2, 0.25) is 5.92 Å². The highest BCUT2D eigenvalue weighted by atomic mass is 19.3. The van der Waals surface area contributed by atoms with Gasteiger partial charge in [-0.3, -0.25) is 4.79 Å². The minimum atomic E-state index is -2.61. The molecular weight excluding hydrogens is 254 g/mol. The maximum Gasteiger partial charge on any atom is 0.312 e. The van der Waals surface area contributed by atoms with E-state index < -0.39 is 17.3 Å². The summed E-state index contributed by atoms with van der Waals surface area (Å²) >= 11 is 0. The molecule has 2 bridgehead atoms. The maximum atomic E-state index is 13.5. The summed E-state index contributed by atoms with van der Waals surface area (Å²) in [6, 6.07) is 0. The number of fused-ring (bicyclic) bond motifs is 2. The SMILES string of the molecule is O=C(O)C1(CC2CCCC(F)(F)C2)CC2CCC1O2. The first-order valence-electron chi connectivity index (χ1n) is 7.18. The van der Waals surface area contributed by atoms with Crippen LogP contribution >= 0.6 is 0 Å². The van der Waals surface area contributed by atoms with E-state index >= 15 is 0 Å². The lowest BCUT2D eigenvalue weighted by atomic mass is 9.66. The van der Waals surface area contributed by atoms with Crippen LogP contribution < -0.4 is 0 Å². The molecule has 3 rings (SSSR count). The molecule has 3 aliphatic rings. The Morgan fingerprint density at radius 1 is 1.26 bits per heavy atom. The van der Waals surface area contributed by atoms with Crippen molar-refractivity contribution in [1.29, 1.82) is 0 Å². The Bertz CT molecular complexity index is 385. The number of aliphatic carboxylic acids is 1. The second kappa shape index (κ2) is 4.40. The van der Waals surface area contributed by atoms with Gasteiger partial charge in [0.25, 0.3) is 0 Å². The predicted molar refractivity (Wildman–Crippen MR) is 64.1 cm³/mol. The molecule has 4 unspecified atom stereocenters. The highest BCUT2D eigenvalue weighted by Gasteiger charge is 2.58. The number of halogens is 2. The third-order valence-electron chi connectivity index (χ3n) is 5.14. The van der Waals surface area contributed by atoms with Crippen molar-refractivity contribution in [2.75, 3.05) is 0 Å². The van der Waals surface area contributed by atoms with E-state index in [-0.39, 0.29) is 31.0 Å². The quantitative estimate of drug-likeness (QED) is 0.859. The topological polar surface area (TPSA) is 46.5 Å². The molecule has 0 amide bonds. The summed E-state index contributed by atoms with van der Waals surface area (Å²) in [7, 11) is 0. The number of carboxylic acids is 1. The Morgan fingerprint density at radius 2 is 2.05 bits per heavy atom. The van der Waals surface area contributed by atoms with Crippen LogP contribution in [0.1, 0.15) is 51.4 Å². The van der Waals surface area contributed by atoms with Gasteiger partial charge in [0.05, 0.1) is 17.6 Å². The van der Waals surface area contributed by atoms with E-state index in [4.69, 9.17) is 4.74 Å². The van der Waals surface area contributed by atoms with E-state index in [9.17, 15) is 18.7 Å². The summed E-state index contributed by atoms with van der Waals surface area (Å²) in [5.74, 6) is -3.64. The molecule has 1 saturated carbocycles. The molecule has 0 aromatic heterocycles. The molecule has 0 spiro atoms. The molecular formula is C14H20F2O3. The van der Waals surface area contributed by atoms with Gasteiger partial charge < -0.3 is 9.84 Å². The number of rotatable bonds is 3. The smallest absolute Gasteiger partial charge is 0.312 e. The van der Waals surface area contributed by atoms with Gasteiger partial charge >= 0.3 is 5.97 Å². The fourth-order valence-corrected chi connectivity index (χ4v) is 4.29.